The molecule has 1 aromatic heterocycles. The van der Waals surface area contributed by atoms with Crippen molar-refractivity contribution in [2.24, 2.45) is 7.05 Å². The maximum Gasteiger partial charge on any atom is 0.322 e. The zero-order chi connectivity index (χ0) is 20.7. The maximum absolute atomic E-state index is 13.4. The van der Waals surface area contributed by atoms with Crippen LogP contribution in [-0.4, -0.2) is 22.5 Å². The van der Waals surface area contributed by atoms with Gasteiger partial charge in [0.2, 0.25) is 0 Å². The van der Waals surface area contributed by atoms with Gasteiger partial charge < -0.3 is 14.8 Å². The van der Waals surface area contributed by atoms with E-state index in [0.717, 1.165) is 35.9 Å². The van der Waals surface area contributed by atoms with Gasteiger partial charge in [-0.1, -0.05) is 29.8 Å². The van der Waals surface area contributed by atoms with Crippen molar-refractivity contribution in [2.75, 3.05) is 12.4 Å². The lowest BCUT2D eigenvalue weighted by Crippen LogP contribution is -2.38. The van der Waals surface area contributed by atoms with E-state index in [2.05, 4.69) is 5.32 Å². The second kappa shape index (κ2) is 7.52. The maximum atomic E-state index is 13.4. The van der Waals surface area contributed by atoms with Crippen LogP contribution in [0, 0.1) is 5.82 Å². The van der Waals surface area contributed by atoms with Gasteiger partial charge in [0.15, 0.2) is 0 Å². The number of carbonyl (C=O) groups excluding carboxylic acids is 1. The van der Waals surface area contributed by atoms with Gasteiger partial charge in [0.25, 0.3) is 5.56 Å². The van der Waals surface area contributed by atoms with Crippen LogP contribution >= 0.6 is 11.6 Å². The van der Waals surface area contributed by atoms with Crippen molar-refractivity contribution >= 4 is 34.1 Å². The summed E-state index contributed by atoms with van der Waals surface area (Å²) in [6.45, 7) is 0. The fraction of sp³-hybridized carbons (Fsp3) is 0.273. The van der Waals surface area contributed by atoms with Crippen LogP contribution in [-0.2, 0) is 13.5 Å². The summed E-state index contributed by atoms with van der Waals surface area (Å²) < 4.78 is 15.1. The molecule has 0 bridgehead atoms. The summed E-state index contributed by atoms with van der Waals surface area (Å²) in [5.74, 6) is -0.536. The van der Waals surface area contributed by atoms with Gasteiger partial charge in [-0.15, -0.1) is 0 Å². The number of rotatable bonds is 2. The van der Waals surface area contributed by atoms with Crippen molar-refractivity contribution in [2.45, 2.75) is 25.3 Å². The second-order valence-electron chi connectivity index (χ2n) is 7.35. The minimum Gasteiger partial charge on any atom is -0.320 e. The summed E-state index contributed by atoms with van der Waals surface area (Å²) in [5, 5.41) is 4.27. The van der Waals surface area contributed by atoms with Crippen LogP contribution in [0.2, 0.25) is 5.02 Å². The molecule has 1 N–H and O–H groups in total. The van der Waals surface area contributed by atoms with Crippen LogP contribution in [0.15, 0.2) is 47.3 Å². The zero-order valence-corrected chi connectivity index (χ0v) is 17.0. The molecule has 1 heterocycles. The normalized spacial score (nSPS) is 15.8. The number of halogens is 2. The van der Waals surface area contributed by atoms with Gasteiger partial charge in [0.1, 0.15) is 5.82 Å². The Hall–Kier alpha value is -2.86. The zero-order valence-electron chi connectivity index (χ0n) is 16.2. The largest absolute Gasteiger partial charge is 0.322 e. The molecular weight excluding hydrogens is 393 g/mol. The van der Waals surface area contributed by atoms with Crippen LogP contribution in [0.25, 0.3) is 10.8 Å². The molecule has 1 atom stereocenters. The molecule has 150 valence electrons. The molecule has 0 fully saturated rings. The van der Waals surface area contributed by atoms with Gasteiger partial charge in [-0.25, -0.2) is 9.18 Å². The van der Waals surface area contributed by atoms with E-state index >= 15 is 0 Å². The lowest BCUT2D eigenvalue weighted by atomic mass is 9.86. The number of amides is 2. The summed E-state index contributed by atoms with van der Waals surface area (Å²) in [7, 11) is 3.52. The highest BCUT2D eigenvalue weighted by molar-refractivity contribution is 6.31. The monoisotopic (exact) mass is 413 g/mol. The average Bonchev–Trinajstić information content (AvgIpc) is 2.73. The van der Waals surface area contributed by atoms with Crippen molar-refractivity contribution < 1.29 is 9.18 Å². The van der Waals surface area contributed by atoms with E-state index in [4.69, 9.17) is 11.6 Å². The van der Waals surface area contributed by atoms with Gasteiger partial charge in [0, 0.05) is 36.4 Å². The van der Waals surface area contributed by atoms with Crippen LogP contribution < -0.4 is 10.9 Å². The predicted octanol–water partition coefficient (Wildman–Crippen LogP) is 4.87. The summed E-state index contributed by atoms with van der Waals surface area (Å²) in [6.07, 6.45) is 2.47. The molecular formula is C22H21ClFN3O2. The Morgan fingerprint density at radius 1 is 1.24 bits per heavy atom. The van der Waals surface area contributed by atoms with E-state index in [1.54, 1.807) is 23.6 Å². The smallest absolute Gasteiger partial charge is 0.320 e. The Morgan fingerprint density at radius 2 is 1.97 bits per heavy atom. The highest BCUT2D eigenvalue weighted by atomic mass is 35.5. The summed E-state index contributed by atoms with van der Waals surface area (Å²) in [4.78, 5) is 27.3. The number of anilines is 1. The van der Waals surface area contributed by atoms with Crippen LogP contribution in [0.1, 0.15) is 30.1 Å². The fourth-order valence-corrected chi connectivity index (χ4v) is 4.32. The van der Waals surface area contributed by atoms with Gasteiger partial charge in [-0.05, 0) is 48.9 Å². The molecule has 0 saturated carbocycles. The number of fused-ring (bicyclic) bond motifs is 3. The molecule has 0 spiro atoms. The summed E-state index contributed by atoms with van der Waals surface area (Å²) in [6, 6.07) is 11.1. The van der Waals surface area contributed by atoms with Crippen LogP contribution in [0.3, 0.4) is 0 Å². The van der Waals surface area contributed by atoms with Crippen molar-refractivity contribution in [3.63, 3.8) is 0 Å². The predicted molar refractivity (Wildman–Crippen MR) is 113 cm³/mol. The van der Waals surface area contributed by atoms with Gasteiger partial charge in [-0.3, -0.25) is 4.79 Å². The minimum atomic E-state index is -0.536. The highest BCUT2D eigenvalue weighted by Gasteiger charge is 2.30. The Kier molecular flexibility index (Phi) is 5.04. The molecule has 5 nitrogen and oxygen atoms in total. The van der Waals surface area contributed by atoms with E-state index in [0.29, 0.717) is 11.1 Å². The Morgan fingerprint density at radius 3 is 2.69 bits per heavy atom. The molecule has 0 aliphatic heterocycles. The van der Waals surface area contributed by atoms with Gasteiger partial charge in [0.05, 0.1) is 11.1 Å². The lowest BCUT2D eigenvalue weighted by Gasteiger charge is -2.35. The Balaban J connectivity index is 1.73. The SMILES string of the molecule is CN(C(=O)Nc1ccc(F)c(Cl)c1)[C@@H]1CCCc2c1c1ccccc1c(=O)n2C. The molecule has 4 rings (SSSR count). The molecule has 0 radical (unpaired) electrons. The van der Waals surface area contributed by atoms with Crippen LogP contribution in [0.4, 0.5) is 14.9 Å². The Bertz CT molecular complexity index is 1170. The first-order chi connectivity index (χ1) is 13.9. The molecule has 2 amide bonds. The van der Waals surface area contributed by atoms with Crippen LogP contribution in [0.5, 0.6) is 0 Å². The summed E-state index contributed by atoms with van der Waals surface area (Å²) >= 11 is 5.82. The van der Waals surface area contributed by atoms with E-state index in [9.17, 15) is 14.0 Å². The number of nitrogens with one attached hydrogen (secondary N) is 1. The number of carbonyl (C=O) groups is 1. The van der Waals surface area contributed by atoms with Crippen molar-refractivity contribution in [1.29, 1.82) is 0 Å². The first-order valence-corrected chi connectivity index (χ1v) is 9.85. The molecule has 3 aromatic rings. The van der Waals surface area contributed by atoms with Gasteiger partial charge in [-0.2, -0.15) is 0 Å². The second-order valence-corrected chi connectivity index (χ2v) is 7.76. The molecule has 1 aliphatic carbocycles. The molecule has 29 heavy (non-hydrogen) atoms. The molecule has 1 aliphatic rings. The van der Waals surface area contributed by atoms with Crippen molar-refractivity contribution in [3.05, 3.63) is 74.9 Å². The first kappa shape index (κ1) is 19.5. The molecule has 0 unspecified atom stereocenters. The number of benzene rings is 2. The molecule has 0 saturated heterocycles. The fourth-order valence-electron chi connectivity index (χ4n) is 4.14. The van der Waals surface area contributed by atoms with Crippen molar-refractivity contribution in [3.8, 4) is 0 Å². The minimum absolute atomic E-state index is 0.0203. The Labute approximate surface area is 172 Å². The third-order valence-corrected chi connectivity index (χ3v) is 5.94. The standard InChI is InChI=1S/C22H21ClFN3O2/c1-26-18-8-5-9-19(20(18)14-6-3-4-7-15(14)21(26)28)27(2)22(29)25-13-10-11-17(24)16(23)12-13/h3-4,6-7,10-12,19H,5,8-9H2,1-2H3,(H,25,29)/t19-/m1/s1. The third kappa shape index (κ3) is 3.38. The first-order valence-electron chi connectivity index (χ1n) is 9.48. The average molecular weight is 414 g/mol. The van der Waals surface area contributed by atoms with E-state index in [-0.39, 0.29) is 22.7 Å². The number of urea groups is 1. The number of aromatic nitrogens is 1. The molecule has 7 heteroatoms. The summed E-state index contributed by atoms with van der Waals surface area (Å²) in [5.41, 5.74) is 2.39. The third-order valence-electron chi connectivity index (χ3n) is 5.65. The highest BCUT2D eigenvalue weighted by Crippen LogP contribution is 2.37. The topological polar surface area (TPSA) is 54.3 Å². The quantitative estimate of drug-likeness (QED) is 0.651. The van der Waals surface area contributed by atoms with E-state index in [1.807, 2.05) is 24.3 Å². The van der Waals surface area contributed by atoms with Crippen molar-refractivity contribution in [1.82, 2.24) is 9.47 Å². The lowest BCUT2D eigenvalue weighted by molar-refractivity contribution is 0.197. The number of pyridine rings is 1. The van der Waals surface area contributed by atoms with E-state index < -0.39 is 5.82 Å². The number of nitrogens with zero attached hydrogens (tertiary/aromatic N) is 2. The van der Waals surface area contributed by atoms with Gasteiger partial charge >= 0.3 is 6.03 Å². The van der Waals surface area contributed by atoms with E-state index in [1.165, 1.54) is 18.2 Å². The number of hydrogen-bond acceptors (Lipinski definition) is 2. The molecule has 2 aromatic carbocycles. The number of hydrogen-bond donors (Lipinski definition) is 1.